The third-order valence-corrected chi connectivity index (χ3v) is 4.32. The van der Waals surface area contributed by atoms with Crippen LogP contribution in [0.1, 0.15) is 42.1 Å². The molecule has 1 atom stereocenters. The van der Waals surface area contributed by atoms with Crippen LogP contribution in [0.5, 0.6) is 0 Å². The standard InChI is InChI=1S/C16H24N2OS/c1-12-6-7-14(20)10-15(12)16(19)17-11-13(2)18-8-4-3-5-9-18/h6-7,10,13,20H,3-5,8-9,11H2,1-2H3,(H,17,19). The average Bonchev–Trinajstić information content (AvgIpc) is 2.47. The SMILES string of the molecule is Cc1ccc(S)cc1C(=O)NCC(C)N1CCCCC1. The van der Waals surface area contributed by atoms with Gasteiger partial charge in [0.2, 0.25) is 0 Å². The zero-order chi connectivity index (χ0) is 14.5. The lowest BCUT2D eigenvalue weighted by atomic mass is 10.1. The third kappa shape index (κ3) is 4.00. The number of nitrogens with one attached hydrogen (secondary N) is 1. The van der Waals surface area contributed by atoms with Crippen molar-refractivity contribution in [1.82, 2.24) is 10.2 Å². The second-order valence-corrected chi connectivity index (χ2v) is 6.17. The van der Waals surface area contributed by atoms with Crippen LogP contribution in [-0.4, -0.2) is 36.5 Å². The van der Waals surface area contributed by atoms with Gasteiger partial charge >= 0.3 is 0 Å². The summed E-state index contributed by atoms with van der Waals surface area (Å²) in [5.41, 5.74) is 1.72. The Morgan fingerprint density at radius 1 is 1.35 bits per heavy atom. The lowest BCUT2D eigenvalue weighted by Crippen LogP contribution is -2.44. The maximum absolute atomic E-state index is 12.2. The molecule has 1 aliphatic heterocycles. The highest BCUT2D eigenvalue weighted by atomic mass is 32.1. The van der Waals surface area contributed by atoms with E-state index in [1.165, 1.54) is 19.3 Å². The van der Waals surface area contributed by atoms with Crippen molar-refractivity contribution < 1.29 is 4.79 Å². The molecule has 0 radical (unpaired) electrons. The Morgan fingerprint density at radius 2 is 2.05 bits per heavy atom. The van der Waals surface area contributed by atoms with E-state index in [0.717, 1.165) is 29.1 Å². The first-order valence-electron chi connectivity index (χ1n) is 7.40. The summed E-state index contributed by atoms with van der Waals surface area (Å²) in [6.45, 7) is 7.16. The molecule has 4 heteroatoms. The fourth-order valence-electron chi connectivity index (χ4n) is 2.68. The van der Waals surface area contributed by atoms with Gasteiger partial charge in [0, 0.05) is 23.0 Å². The molecule has 1 saturated heterocycles. The summed E-state index contributed by atoms with van der Waals surface area (Å²) in [4.78, 5) is 15.5. The van der Waals surface area contributed by atoms with Gasteiger partial charge in [0.25, 0.3) is 5.91 Å². The Bertz CT molecular complexity index is 470. The van der Waals surface area contributed by atoms with Crippen LogP contribution < -0.4 is 5.32 Å². The van der Waals surface area contributed by atoms with Crippen molar-refractivity contribution in [1.29, 1.82) is 0 Å². The second-order valence-electron chi connectivity index (χ2n) is 5.65. The molecule has 0 aliphatic carbocycles. The molecule has 2 rings (SSSR count). The summed E-state index contributed by atoms with van der Waals surface area (Å²) in [7, 11) is 0. The molecule has 0 bridgehead atoms. The van der Waals surface area contributed by atoms with Crippen LogP contribution in [0.2, 0.25) is 0 Å². The summed E-state index contributed by atoms with van der Waals surface area (Å²) < 4.78 is 0. The number of carbonyl (C=O) groups excluding carboxylic acids is 1. The fraction of sp³-hybridized carbons (Fsp3) is 0.562. The Labute approximate surface area is 127 Å². The number of hydrogen-bond acceptors (Lipinski definition) is 3. The van der Waals surface area contributed by atoms with Crippen LogP contribution >= 0.6 is 12.6 Å². The molecule has 0 spiro atoms. The number of nitrogens with zero attached hydrogens (tertiary/aromatic N) is 1. The molecule has 0 saturated carbocycles. The fourth-order valence-corrected chi connectivity index (χ4v) is 2.88. The van der Waals surface area contributed by atoms with Crippen molar-refractivity contribution >= 4 is 18.5 Å². The van der Waals surface area contributed by atoms with E-state index in [0.29, 0.717) is 12.6 Å². The monoisotopic (exact) mass is 292 g/mol. The van der Waals surface area contributed by atoms with Gasteiger partial charge in [0.05, 0.1) is 0 Å². The second kappa shape index (κ2) is 7.14. The molecule has 1 aromatic rings. The number of likely N-dealkylation sites (tertiary alicyclic amines) is 1. The Hall–Kier alpha value is -1.00. The van der Waals surface area contributed by atoms with E-state index >= 15 is 0 Å². The zero-order valence-electron chi connectivity index (χ0n) is 12.4. The van der Waals surface area contributed by atoms with Gasteiger partial charge in [-0.05, 0) is 57.5 Å². The van der Waals surface area contributed by atoms with Crippen LogP contribution in [0.3, 0.4) is 0 Å². The van der Waals surface area contributed by atoms with Gasteiger partial charge < -0.3 is 5.32 Å². The molecule has 0 aromatic heterocycles. The smallest absolute Gasteiger partial charge is 0.251 e. The molecule has 1 unspecified atom stereocenters. The number of piperidine rings is 1. The molecule has 1 N–H and O–H groups in total. The predicted molar refractivity (Wildman–Crippen MR) is 85.7 cm³/mol. The van der Waals surface area contributed by atoms with E-state index in [9.17, 15) is 4.79 Å². The number of thiol groups is 1. The molecular formula is C16H24N2OS. The number of rotatable bonds is 4. The van der Waals surface area contributed by atoms with Crippen molar-refractivity contribution in [2.45, 2.75) is 44.0 Å². The molecule has 1 fully saturated rings. The van der Waals surface area contributed by atoms with Crippen molar-refractivity contribution in [3.05, 3.63) is 29.3 Å². The first-order valence-corrected chi connectivity index (χ1v) is 7.84. The molecule has 1 heterocycles. The quantitative estimate of drug-likeness (QED) is 0.836. The van der Waals surface area contributed by atoms with E-state index in [1.54, 1.807) is 0 Å². The van der Waals surface area contributed by atoms with Crippen LogP contribution in [0, 0.1) is 6.92 Å². The third-order valence-electron chi connectivity index (χ3n) is 4.04. The van der Waals surface area contributed by atoms with Gasteiger partial charge in [0.15, 0.2) is 0 Å². The lowest BCUT2D eigenvalue weighted by molar-refractivity contribution is 0.0929. The summed E-state index contributed by atoms with van der Waals surface area (Å²) in [6.07, 6.45) is 3.89. The van der Waals surface area contributed by atoms with Crippen LogP contribution in [0.25, 0.3) is 0 Å². The molecule has 1 aromatic carbocycles. The van der Waals surface area contributed by atoms with Crippen molar-refractivity contribution in [2.75, 3.05) is 19.6 Å². The summed E-state index contributed by atoms with van der Waals surface area (Å²) in [5, 5.41) is 3.05. The number of aryl methyl sites for hydroxylation is 1. The largest absolute Gasteiger partial charge is 0.350 e. The van der Waals surface area contributed by atoms with Gasteiger partial charge in [0.1, 0.15) is 0 Å². The van der Waals surface area contributed by atoms with E-state index in [4.69, 9.17) is 0 Å². The highest BCUT2D eigenvalue weighted by Crippen LogP contribution is 2.14. The topological polar surface area (TPSA) is 32.3 Å². The predicted octanol–water partition coefficient (Wildman–Crippen LogP) is 2.89. The van der Waals surface area contributed by atoms with Gasteiger partial charge in [-0.25, -0.2) is 0 Å². The number of hydrogen-bond donors (Lipinski definition) is 2. The Kier molecular flexibility index (Phi) is 5.49. The highest BCUT2D eigenvalue weighted by molar-refractivity contribution is 7.80. The molecular weight excluding hydrogens is 268 g/mol. The number of carbonyl (C=O) groups is 1. The van der Waals surface area contributed by atoms with Gasteiger partial charge in [-0.2, -0.15) is 0 Å². The maximum Gasteiger partial charge on any atom is 0.251 e. The van der Waals surface area contributed by atoms with Crippen LogP contribution in [-0.2, 0) is 0 Å². The normalized spacial score (nSPS) is 17.8. The van der Waals surface area contributed by atoms with Crippen molar-refractivity contribution in [3.8, 4) is 0 Å². The molecule has 3 nitrogen and oxygen atoms in total. The lowest BCUT2D eigenvalue weighted by Gasteiger charge is -2.32. The van der Waals surface area contributed by atoms with Crippen LogP contribution in [0.15, 0.2) is 23.1 Å². The maximum atomic E-state index is 12.2. The van der Waals surface area contributed by atoms with Crippen molar-refractivity contribution in [2.24, 2.45) is 0 Å². The van der Waals surface area contributed by atoms with E-state index in [1.807, 2.05) is 25.1 Å². The number of benzene rings is 1. The summed E-state index contributed by atoms with van der Waals surface area (Å²) in [5.74, 6) is 0.00209. The van der Waals surface area contributed by atoms with Crippen LogP contribution in [0.4, 0.5) is 0 Å². The Balaban J connectivity index is 1.89. The van der Waals surface area contributed by atoms with Gasteiger partial charge in [-0.1, -0.05) is 12.5 Å². The van der Waals surface area contributed by atoms with Gasteiger partial charge in [-0.3, -0.25) is 9.69 Å². The summed E-state index contributed by atoms with van der Waals surface area (Å²) in [6, 6.07) is 6.08. The first-order chi connectivity index (χ1) is 9.58. The zero-order valence-corrected chi connectivity index (χ0v) is 13.2. The molecule has 20 heavy (non-hydrogen) atoms. The van der Waals surface area contributed by atoms with Gasteiger partial charge in [-0.15, -0.1) is 12.6 Å². The van der Waals surface area contributed by atoms with Crippen molar-refractivity contribution in [3.63, 3.8) is 0 Å². The Morgan fingerprint density at radius 3 is 2.75 bits per heavy atom. The van der Waals surface area contributed by atoms with E-state index in [2.05, 4.69) is 29.8 Å². The first kappa shape index (κ1) is 15.4. The van der Waals surface area contributed by atoms with E-state index < -0.39 is 0 Å². The number of amides is 1. The minimum absolute atomic E-state index is 0.00209. The average molecular weight is 292 g/mol. The minimum atomic E-state index is 0.00209. The minimum Gasteiger partial charge on any atom is -0.350 e. The molecule has 110 valence electrons. The molecule has 1 amide bonds. The summed E-state index contributed by atoms with van der Waals surface area (Å²) >= 11 is 4.30. The van der Waals surface area contributed by atoms with E-state index in [-0.39, 0.29) is 5.91 Å². The highest BCUT2D eigenvalue weighted by Gasteiger charge is 2.17. The molecule has 1 aliphatic rings.